The zero-order chi connectivity index (χ0) is 22.5. The standard InChI is InChI=1S/C25H41ClN4OS/c1-4-32-30-12-7-20(8-13-30)24(18(2)3)31-14-9-21-15-23(21)19-5-10-29(11-6-19)25-27-16-22(26)17-28-25/h16-21,23-24H,4-15H2,1-3H3/t21-,23?,24?/m1/s1. The van der Waals surface area contributed by atoms with Crippen molar-refractivity contribution in [3.05, 3.63) is 17.4 Å². The van der Waals surface area contributed by atoms with E-state index in [0.717, 1.165) is 49.3 Å². The van der Waals surface area contributed by atoms with Crippen molar-refractivity contribution < 1.29 is 4.74 Å². The number of hydrogen-bond donors (Lipinski definition) is 0. The largest absolute Gasteiger partial charge is 0.378 e. The number of piperidine rings is 2. The van der Waals surface area contributed by atoms with Gasteiger partial charge in [-0.3, -0.25) is 4.31 Å². The Morgan fingerprint density at radius 3 is 2.41 bits per heavy atom. The first kappa shape index (κ1) is 24.6. The van der Waals surface area contributed by atoms with Crippen LogP contribution in [0.3, 0.4) is 0 Å². The highest BCUT2D eigenvalue weighted by atomic mass is 35.5. The van der Waals surface area contributed by atoms with E-state index in [1.807, 2.05) is 11.9 Å². The van der Waals surface area contributed by atoms with Gasteiger partial charge in [-0.15, -0.1) is 0 Å². The second kappa shape index (κ2) is 11.7. The van der Waals surface area contributed by atoms with Crippen LogP contribution in [0, 0.1) is 29.6 Å². The molecule has 32 heavy (non-hydrogen) atoms. The average Bonchev–Trinajstić information content (AvgIpc) is 3.58. The summed E-state index contributed by atoms with van der Waals surface area (Å²) in [6.45, 7) is 12.5. The normalized spacial score (nSPS) is 26.6. The summed E-state index contributed by atoms with van der Waals surface area (Å²) < 4.78 is 9.10. The van der Waals surface area contributed by atoms with Gasteiger partial charge in [0.25, 0.3) is 0 Å². The highest BCUT2D eigenvalue weighted by molar-refractivity contribution is 7.96. The molecule has 7 heteroatoms. The number of anilines is 1. The van der Waals surface area contributed by atoms with Gasteiger partial charge in [-0.1, -0.05) is 44.3 Å². The second-order valence-corrected chi connectivity index (χ2v) is 12.0. The van der Waals surface area contributed by atoms with Gasteiger partial charge in [-0.25, -0.2) is 9.97 Å². The monoisotopic (exact) mass is 480 g/mol. The first-order chi connectivity index (χ1) is 15.5. The molecule has 0 N–H and O–H groups in total. The minimum absolute atomic E-state index is 0.434. The molecule has 0 radical (unpaired) electrons. The van der Waals surface area contributed by atoms with Crippen LogP contribution in [-0.2, 0) is 4.74 Å². The van der Waals surface area contributed by atoms with Gasteiger partial charge in [0, 0.05) is 38.5 Å². The van der Waals surface area contributed by atoms with Crippen molar-refractivity contribution in [2.45, 2.75) is 65.4 Å². The van der Waals surface area contributed by atoms with Crippen LogP contribution in [0.2, 0.25) is 5.02 Å². The molecule has 4 rings (SSSR count). The molecule has 3 heterocycles. The Morgan fingerprint density at radius 1 is 1.09 bits per heavy atom. The third-order valence-corrected chi connectivity index (χ3v) is 8.93. The molecule has 1 saturated carbocycles. The zero-order valence-electron chi connectivity index (χ0n) is 20.1. The Labute approximate surface area is 204 Å². The molecule has 3 aliphatic rings. The highest BCUT2D eigenvalue weighted by Gasteiger charge is 2.43. The Balaban J connectivity index is 1.15. The molecule has 1 aromatic rings. The minimum atomic E-state index is 0.434. The van der Waals surface area contributed by atoms with Crippen LogP contribution in [0.4, 0.5) is 5.95 Å². The molecule has 1 aliphatic carbocycles. The molecule has 2 unspecified atom stereocenters. The summed E-state index contributed by atoms with van der Waals surface area (Å²) in [6, 6.07) is 0. The van der Waals surface area contributed by atoms with Crippen LogP contribution in [0.25, 0.3) is 0 Å². The van der Waals surface area contributed by atoms with E-state index in [1.54, 1.807) is 12.4 Å². The third kappa shape index (κ3) is 6.52. The molecule has 3 fully saturated rings. The van der Waals surface area contributed by atoms with Gasteiger partial charge in [0.1, 0.15) is 0 Å². The molecule has 0 amide bonds. The van der Waals surface area contributed by atoms with E-state index < -0.39 is 0 Å². The molecule has 2 saturated heterocycles. The summed E-state index contributed by atoms with van der Waals surface area (Å²) in [5.74, 6) is 6.02. The smallest absolute Gasteiger partial charge is 0.225 e. The van der Waals surface area contributed by atoms with Crippen LogP contribution in [0.5, 0.6) is 0 Å². The van der Waals surface area contributed by atoms with Crippen molar-refractivity contribution in [1.29, 1.82) is 0 Å². The summed E-state index contributed by atoms with van der Waals surface area (Å²) in [4.78, 5) is 11.1. The van der Waals surface area contributed by atoms with E-state index in [-0.39, 0.29) is 0 Å². The van der Waals surface area contributed by atoms with E-state index in [4.69, 9.17) is 16.3 Å². The van der Waals surface area contributed by atoms with Gasteiger partial charge >= 0.3 is 0 Å². The number of halogens is 1. The van der Waals surface area contributed by atoms with E-state index in [0.29, 0.717) is 17.0 Å². The van der Waals surface area contributed by atoms with Crippen LogP contribution in [0.15, 0.2) is 12.4 Å². The van der Waals surface area contributed by atoms with Gasteiger partial charge in [0.15, 0.2) is 0 Å². The summed E-state index contributed by atoms with van der Waals surface area (Å²) in [6.07, 6.45) is 11.6. The molecule has 0 bridgehead atoms. The second-order valence-electron chi connectivity index (χ2n) is 10.2. The number of aromatic nitrogens is 2. The van der Waals surface area contributed by atoms with Crippen LogP contribution < -0.4 is 4.90 Å². The van der Waals surface area contributed by atoms with Crippen molar-refractivity contribution in [2.24, 2.45) is 29.6 Å². The quantitative estimate of drug-likeness (QED) is 0.394. The first-order valence-corrected chi connectivity index (χ1v) is 14.1. The maximum atomic E-state index is 6.55. The number of rotatable bonds is 10. The molecular formula is C25H41ClN4OS. The van der Waals surface area contributed by atoms with Crippen LogP contribution in [0.1, 0.15) is 59.3 Å². The van der Waals surface area contributed by atoms with Gasteiger partial charge in [0.2, 0.25) is 5.95 Å². The van der Waals surface area contributed by atoms with Gasteiger partial charge in [-0.2, -0.15) is 0 Å². The Kier molecular flexibility index (Phi) is 9.00. The fraction of sp³-hybridized carbons (Fsp3) is 0.840. The van der Waals surface area contributed by atoms with Crippen LogP contribution >= 0.6 is 23.5 Å². The molecule has 1 aromatic heterocycles. The maximum absolute atomic E-state index is 6.55. The Morgan fingerprint density at radius 2 is 1.78 bits per heavy atom. The van der Waals surface area contributed by atoms with Crippen molar-refractivity contribution in [3.8, 4) is 0 Å². The lowest BCUT2D eigenvalue weighted by molar-refractivity contribution is -0.0329. The van der Waals surface area contributed by atoms with E-state index in [2.05, 4.69) is 39.9 Å². The van der Waals surface area contributed by atoms with Crippen molar-refractivity contribution in [3.63, 3.8) is 0 Å². The first-order valence-electron chi connectivity index (χ1n) is 12.8. The highest BCUT2D eigenvalue weighted by Crippen LogP contribution is 2.50. The third-order valence-electron chi connectivity index (χ3n) is 7.74. The van der Waals surface area contributed by atoms with Crippen molar-refractivity contribution in [2.75, 3.05) is 43.4 Å². The van der Waals surface area contributed by atoms with E-state index in [9.17, 15) is 0 Å². The lowest BCUT2D eigenvalue weighted by Crippen LogP contribution is -2.38. The van der Waals surface area contributed by atoms with Crippen molar-refractivity contribution in [1.82, 2.24) is 14.3 Å². The topological polar surface area (TPSA) is 41.5 Å². The fourth-order valence-corrected chi connectivity index (χ4v) is 6.85. The van der Waals surface area contributed by atoms with Gasteiger partial charge < -0.3 is 9.64 Å². The summed E-state index contributed by atoms with van der Waals surface area (Å²) >= 11 is 7.92. The SMILES string of the molecule is CCSN1CCC(C(OCC[C@@H]2CC2C2CCN(c3ncc(Cl)cn3)CC2)C(C)C)CC1. The van der Waals surface area contributed by atoms with E-state index >= 15 is 0 Å². The molecule has 5 nitrogen and oxygen atoms in total. The number of ether oxygens (including phenoxy) is 1. The van der Waals surface area contributed by atoms with E-state index in [1.165, 1.54) is 57.4 Å². The number of hydrogen-bond acceptors (Lipinski definition) is 6. The Hall–Kier alpha value is -0.560. The summed E-state index contributed by atoms with van der Waals surface area (Å²) in [5.41, 5.74) is 0. The molecule has 0 spiro atoms. The Bertz CT molecular complexity index is 690. The maximum Gasteiger partial charge on any atom is 0.225 e. The minimum Gasteiger partial charge on any atom is -0.378 e. The summed E-state index contributed by atoms with van der Waals surface area (Å²) in [5, 5.41) is 0.604. The number of nitrogens with zero attached hydrogens (tertiary/aromatic N) is 4. The molecular weight excluding hydrogens is 440 g/mol. The van der Waals surface area contributed by atoms with Gasteiger partial charge in [0.05, 0.1) is 23.5 Å². The molecule has 0 aromatic carbocycles. The summed E-state index contributed by atoms with van der Waals surface area (Å²) in [7, 11) is 0. The average molecular weight is 481 g/mol. The van der Waals surface area contributed by atoms with Crippen LogP contribution in [-0.4, -0.2) is 58.9 Å². The molecule has 2 aliphatic heterocycles. The zero-order valence-corrected chi connectivity index (χ0v) is 21.7. The van der Waals surface area contributed by atoms with Crippen molar-refractivity contribution >= 4 is 29.5 Å². The molecule has 180 valence electrons. The van der Waals surface area contributed by atoms with Gasteiger partial charge in [-0.05, 0) is 68.1 Å². The fourth-order valence-electron chi connectivity index (χ4n) is 5.92. The molecule has 3 atom stereocenters. The predicted octanol–water partition coefficient (Wildman–Crippen LogP) is 5.79. The lowest BCUT2D eigenvalue weighted by atomic mass is 9.86. The predicted molar refractivity (Wildman–Crippen MR) is 135 cm³/mol. The lowest BCUT2D eigenvalue weighted by Gasteiger charge is -2.37.